The molecule has 1 N–H and O–H groups in total. The van der Waals surface area contributed by atoms with Crippen LogP contribution >= 0.6 is 0 Å². The van der Waals surface area contributed by atoms with Gasteiger partial charge in [-0.25, -0.2) is 9.78 Å². The highest BCUT2D eigenvalue weighted by atomic mass is 19.4. The Hall–Kier alpha value is -3.43. The van der Waals surface area contributed by atoms with Crippen molar-refractivity contribution in [2.24, 2.45) is 0 Å². The van der Waals surface area contributed by atoms with Crippen LogP contribution in [0.15, 0.2) is 47.0 Å². The number of carbonyl (C=O) groups excluding carboxylic acids is 1. The first-order valence-electron chi connectivity index (χ1n) is 7.19. The number of benzene rings is 1. The highest BCUT2D eigenvalue weighted by molar-refractivity contribution is 5.87. The number of nitrogens with one attached hydrogen (secondary N) is 1. The summed E-state index contributed by atoms with van der Waals surface area (Å²) in [5.74, 6) is -0.0800. The number of methoxy groups -OCH3 is 1. The zero-order valence-electron chi connectivity index (χ0n) is 13.2. The molecule has 7 nitrogen and oxygen atoms in total. The summed E-state index contributed by atoms with van der Waals surface area (Å²) in [6.07, 6.45) is -3.04. The number of carbonyl (C=O) groups is 1. The Morgan fingerprint density at radius 2 is 1.85 bits per heavy atom. The molecule has 1 aromatic carbocycles. The average Bonchev–Trinajstić information content (AvgIpc) is 3.09. The van der Waals surface area contributed by atoms with Crippen molar-refractivity contribution in [3.8, 4) is 11.3 Å². The number of hydrogen-bond acceptors (Lipinski definition) is 7. The summed E-state index contributed by atoms with van der Waals surface area (Å²) in [5.41, 5.74) is -0.276. The molecule has 0 aliphatic carbocycles. The third-order valence-corrected chi connectivity index (χ3v) is 3.30. The lowest BCUT2D eigenvalue weighted by atomic mass is 10.1. The van der Waals surface area contributed by atoms with Crippen LogP contribution in [0, 0.1) is 0 Å². The quantitative estimate of drug-likeness (QED) is 0.706. The molecule has 0 radical (unpaired) electrons. The second kappa shape index (κ2) is 6.82. The van der Waals surface area contributed by atoms with Crippen LogP contribution in [-0.4, -0.2) is 28.3 Å². The fourth-order valence-electron chi connectivity index (χ4n) is 2.01. The van der Waals surface area contributed by atoms with Gasteiger partial charge in [-0.3, -0.25) is 5.32 Å². The summed E-state index contributed by atoms with van der Waals surface area (Å²) in [5, 5.41) is 10.2. The van der Waals surface area contributed by atoms with E-state index in [-0.39, 0.29) is 23.3 Å². The topological polar surface area (TPSA) is 90.1 Å². The molecule has 0 fully saturated rings. The van der Waals surface area contributed by atoms with Crippen molar-refractivity contribution < 1.29 is 27.1 Å². The van der Waals surface area contributed by atoms with Crippen molar-refractivity contribution in [3.05, 3.63) is 53.9 Å². The van der Waals surface area contributed by atoms with Gasteiger partial charge in [0.15, 0.2) is 17.3 Å². The maximum Gasteiger partial charge on any atom is 0.416 e. The molecule has 0 unspecified atom stereocenters. The van der Waals surface area contributed by atoms with E-state index in [4.69, 9.17) is 4.42 Å². The van der Waals surface area contributed by atoms with Crippen LogP contribution < -0.4 is 5.32 Å². The molecule has 0 aliphatic heterocycles. The van der Waals surface area contributed by atoms with E-state index in [0.29, 0.717) is 5.56 Å². The lowest BCUT2D eigenvalue weighted by Crippen LogP contribution is -2.06. The number of ether oxygens (including phenoxy) is 1. The fourth-order valence-corrected chi connectivity index (χ4v) is 2.01. The molecule has 10 heteroatoms. The molecule has 134 valence electrons. The monoisotopic (exact) mass is 364 g/mol. The Balaban J connectivity index is 1.73. The van der Waals surface area contributed by atoms with E-state index in [1.165, 1.54) is 37.6 Å². The van der Waals surface area contributed by atoms with Crippen LogP contribution in [0.2, 0.25) is 0 Å². The highest BCUT2D eigenvalue weighted by Gasteiger charge is 2.30. The highest BCUT2D eigenvalue weighted by Crippen LogP contribution is 2.31. The van der Waals surface area contributed by atoms with Gasteiger partial charge in [-0.15, -0.1) is 10.2 Å². The van der Waals surface area contributed by atoms with Crippen LogP contribution in [0.5, 0.6) is 0 Å². The summed E-state index contributed by atoms with van der Waals surface area (Å²) in [6.45, 7) is 0. The Morgan fingerprint density at radius 1 is 1.12 bits per heavy atom. The summed E-state index contributed by atoms with van der Waals surface area (Å²) in [6, 6.07) is 7.45. The maximum absolute atomic E-state index is 12.6. The smallest absolute Gasteiger partial charge is 0.416 e. The number of esters is 1. The van der Waals surface area contributed by atoms with Crippen LogP contribution in [0.25, 0.3) is 11.3 Å². The van der Waals surface area contributed by atoms with Crippen LogP contribution in [0.1, 0.15) is 16.1 Å². The third kappa shape index (κ3) is 3.79. The molecular formula is C16H11F3N4O3. The Bertz CT molecular complexity index is 906. The zero-order valence-corrected chi connectivity index (χ0v) is 13.2. The predicted octanol–water partition coefficient (Wildman–Crippen LogP) is 3.68. The van der Waals surface area contributed by atoms with Gasteiger partial charge >= 0.3 is 18.2 Å². The number of rotatable bonds is 4. The summed E-state index contributed by atoms with van der Waals surface area (Å²) < 4.78 is 47.7. The zero-order chi connectivity index (χ0) is 18.7. The van der Waals surface area contributed by atoms with Crippen molar-refractivity contribution in [2.45, 2.75) is 6.18 Å². The predicted molar refractivity (Wildman–Crippen MR) is 83.6 cm³/mol. The van der Waals surface area contributed by atoms with E-state index < -0.39 is 17.7 Å². The van der Waals surface area contributed by atoms with E-state index in [1.807, 2.05) is 0 Å². The largest absolute Gasteiger partial charge is 0.464 e. The average molecular weight is 364 g/mol. The van der Waals surface area contributed by atoms with Gasteiger partial charge in [0, 0.05) is 5.56 Å². The van der Waals surface area contributed by atoms with Gasteiger partial charge in [-0.05, 0) is 24.3 Å². The molecule has 0 atom stereocenters. The Labute approximate surface area is 144 Å². The Kier molecular flexibility index (Phi) is 4.57. The van der Waals surface area contributed by atoms with Crippen molar-refractivity contribution in [2.75, 3.05) is 12.4 Å². The van der Waals surface area contributed by atoms with Crippen molar-refractivity contribution >= 4 is 17.8 Å². The number of halogens is 3. The summed E-state index contributed by atoms with van der Waals surface area (Å²) >= 11 is 0. The van der Waals surface area contributed by atoms with Crippen LogP contribution in [0.4, 0.5) is 25.0 Å². The normalized spacial score (nSPS) is 11.2. The molecule has 3 aromatic rings. The van der Waals surface area contributed by atoms with Crippen LogP contribution in [0.3, 0.4) is 0 Å². The van der Waals surface area contributed by atoms with E-state index in [1.54, 1.807) is 0 Å². The van der Waals surface area contributed by atoms with Crippen LogP contribution in [-0.2, 0) is 10.9 Å². The second-order valence-corrected chi connectivity index (χ2v) is 5.03. The molecule has 0 saturated heterocycles. The molecule has 3 rings (SSSR count). The van der Waals surface area contributed by atoms with Gasteiger partial charge in [-0.1, -0.05) is 12.1 Å². The number of anilines is 2. The summed E-state index contributed by atoms with van der Waals surface area (Å²) in [4.78, 5) is 15.3. The minimum absolute atomic E-state index is 0.0379. The van der Waals surface area contributed by atoms with E-state index >= 15 is 0 Å². The second-order valence-electron chi connectivity index (χ2n) is 5.03. The number of oxazole rings is 1. The SMILES string of the molecule is COC(=O)c1ccc(Nc2ncc(-c3ccc(C(F)(F)F)cc3)o2)nn1. The number of hydrogen-bond donors (Lipinski definition) is 1. The first kappa shape index (κ1) is 17.4. The van der Waals surface area contributed by atoms with Crippen molar-refractivity contribution in [1.82, 2.24) is 15.2 Å². The standard InChI is InChI=1S/C16H11F3N4O3/c1-25-14(24)11-6-7-13(23-22-11)21-15-20-8-12(26-15)9-2-4-10(5-3-9)16(17,18)19/h2-8H,1H3,(H,20,21,23). The molecule has 2 heterocycles. The lowest BCUT2D eigenvalue weighted by Gasteiger charge is -2.06. The van der Waals surface area contributed by atoms with E-state index in [9.17, 15) is 18.0 Å². The van der Waals surface area contributed by atoms with Gasteiger partial charge in [0.2, 0.25) is 0 Å². The first-order chi connectivity index (χ1) is 12.4. The molecule has 0 aliphatic rings. The molecule has 0 bridgehead atoms. The van der Waals surface area contributed by atoms with Gasteiger partial charge in [-0.2, -0.15) is 13.2 Å². The molecule has 2 aromatic heterocycles. The molecule has 26 heavy (non-hydrogen) atoms. The van der Waals surface area contributed by atoms with Crippen molar-refractivity contribution in [3.63, 3.8) is 0 Å². The minimum Gasteiger partial charge on any atom is -0.464 e. The van der Waals surface area contributed by atoms with E-state index in [2.05, 4.69) is 25.2 Å². The fraction of sp³-hybridized carbons (Fsp3) is 0.125. The molecule has 0 spiro atoms. The molecule has 0 amide bonds. The molecule has 0 saturated carbocycles. The number of aromatic nitrogens is 3. The first-order valence-corrected chi connectivity index (χ1v) is 7.19. The maximum atomic E-state index is 12.6. The van der Waals surface area contributed by atoms with Gasteiger partial charge in [0.05, 0.1) is 18.9 Å². The van der Waals surface area contributed by atoms with Gasteiger partial charge < -0.3 is 9.15 Å². The number of alkyl halides is 3. The van der Waals surface area contributed by atoms with E-state index in [0.717, 1.165) is 12.1 Å². The number of nitrogens with zero attached hydrogens (tertiary/aromatic N) is 3. The molecular weight excluding hydrogens is 353 g/mol. The summed E-state index contributed by atoms with van der Waals surface area (Å²) in [7, 11) is 1.23. The third-order valence-electron chi connectivity index (χ3n) is 3.30. The van der Waals surface area contributed by atoms with Gasteiger partial charge in [0.25, 0.3) is 0 Å². The lowest BCUT2D eigenvalue weighted by molar-refractivity contribution is -0.137. The van der Waals surface area contributed by atoms with Gasteiger partial charge in [0.1, 0.15) is 0 Å². The van der Waals surface area contributed by atoms with Crippen molar-refractivity contribution in [1.29, 1.82) is 0 Å². The Morgan fingerprint density at radius 3 is 2.42 bits per heavy atom. The minimum atomic E-state index is -4.40.